The Kier molecular flexibility index (Phi) is 4.97. The zero-order valence-electron chi connectivity index (χ0n) is 11.6. The SMILES string of the molecule is CCc1ccc(OCc2ccccc2C(=O)C#N)c(Cl)c1. The number of carbonyl (C=O) groups excluding carboxylic acids is 1. The first-order chi connectivity index (χ1) is 10.2. The van der Waals surface area contributed by atoms with E-state index in [2.05, 4.69) is 6.92 Å². The Balaban J connectivity index is 2.17. The van der Waals surface area contributed by atoms with Crippen LogP contribution in [0, 0.1) is 11.3 Å². The van der Waals surface area contributed by atoms with Crippen molar-refractivity contribution in [3.05, 3.63) is 64.2 Å². The maximum atomic E-state index is 11.6. The summed E-state index contributed by atoms with van der Waals surface area (Å²) >= 11 is 6.16. The molecule has 0 saturated heterocycles. The molecule has 0 aliphatic heterocycles. The summed E-state index contributed by atoms with van der Waals surface area (Å²) in [5.74, 6) is -0.00490. The van der Waals surface area contributed by atoms with Gasteiger partial charge >= 0.3 is 0 Å². The van der Waals surface area contributed by atoms with Gasteiger partial charge in [0.25, 0.3) is 5.78 Å². The number of hydrogen-bond donors (Lipinski definition) is 0. The van der Waals surface area contributed by atoms with Crippen LogP contribution in [0.25, 0.3) is 0 Å². The topological polar surface area (TPSA) is 50.1 Å². The lowest BCUT2D eigenvalue weighted by Gasteiger charge is -2.11. The van der Waals surface area contributed by atoms with E-state index in [4.69, 9.17) is 21.6 Å². The Hall–Kier alpha value is -2.31. The van der Waals surface area contributed by atoms with E-state index in [1.54, 1.807) is 30.3 Å². The minimum Gasteiger partial charge on any atom is -0.487 e. The van der Waals surface area contributed by atoms with Crippen LogP contribution in [0.3, 0.4) is 0 Å². The number of benzene rings is 2. The predicted octanol–water partition coefficient (Wildman–Crippen LogP) is 4.19. The molecule has 0 radical (unpaired) electrons. The Labute approximate surface area is 128 Å². The van der Waals surface area contributed by atoms with Crippen molar-refractivity contribution in [1.82, 2.24) is 0 Å². The third-order valence-electron chi connectivity index (χ3n) is 3.15. The molecule has 2 rings (SSSR count). The fourth-order valence-corrected chi connectivity index (χ4v) is 2.22. The van der Waals surface area contributed by atoms with Crippen LogP contribution in [0.2, 0.25) is 5.02 Å². The molecule has 106 valence electrons. The van der Waals surface area contributed by atoms with Gasteiger partial charge in [-0.05, 0) is 30.2 Å². The Morgan fingerprint density at radius 2 is 2.05 bits per heavy atom. The van der Waals surface area contributed by atoms with Crippen molar-refractivity contribution in [1.29, 1.82) is 5.26 Å². The molecule has 2 aromatic carbocycles. The van der Waals surface area contributed by atoms with Crippen LogP contribution >= 0.6 is 11.6 Å². The number of halogens is 1. The first kappa shape index (κ1) is 15.1. The summed E-state index contributed by atoms with van der Waals surface area (Å²) in [5, 5.41) is 9.28. The van der Waals surface area contributed by atoms with Gasteiger partial charge in [0.2, 0.25) is 0 Å². The lowest BCUT2D eigenvalue weighted by Crippen LogP contribution is -2.04. The highest BCUT2D eigenvalue weighted by atomic mass is 35.5. The zero-order chi connectivity index (χ0) is 15.2. The van der Waals surface area contributed by atoms with E-state index in [1.165, 1.54) is 0 Å². The molecule has 4 heteroatoms. The van der Waals surface area contributed by atoms with Crippen LogP contribution in [0.5, 0.6) is 5.75 Å². The molecule has 0 aliphatic carbocycles. The highest BCUT2D eigenvalue weighted by Crippen LogP contribution is 2.26. The minimum atomic E-state index is -0.568. The van der Waals surface area contributed by atoms with Gasteiger partial charge in [-0.3, -0.25) is 4.79 Å². The quantitative estimate of drug-likeness (QED) is 0.614. The average molecular weight is 300 g/mol. The maximum absolute atomic E-state index is 11.6. The minimum absolute atomic E-state index is 0.189. The van der Waals surface area contributed by atoms with Crippen molar-refractivity contribution in [3.8, 4) is 11.8 Å². The van der Waals surface area contributed by atoms with Gasteiger partial charge in [-0.15, -0.1) is 0 Å². The lowest BCUT2D eigenvalue weighted by atomic mass is 10.1. The summed E-state index contributed by atoms with van der Waals surface area (Å²) in [6.07, 6.45) is 0.902. The molecule has 0 aromatic heterocycles. The third kappa shape index (κ3) is 3.62. The van der Waals surface area contributed by atoms with Crippen molar-refractivity contribution < 1.29 is 9.53 Å². The molecule has 0 fully saturated rings. The number of aryl methyl sites for hydroxylation is 1. The van der Waals surface area contributed by atoms with Gasteiger partial charge in [-0.2, -0.15) is 5.26 Å². The molecule has 0 spiro atoms. The van der Waals surface area contributed by atoms with Crippen LogP contribution in [-0.4, -0.2) is 5.78 Å². The van der Waals surface area contributed by atoms with Gasteiger partial charge in [-0.25, -0.2) is 0 Å². The smallest absolute Gasteiger partial charge is 0.262 e. The molecule has 0 saturated carbocycles. The van der Waals surface area contributed by atoms with Crippen LogP contribution in [0.15, 0.2) is 42.5 Å². The first-order valence-electron chi connectivity index (χ1n) is 6.59. The number of hydrogen-bond acceptors (Lipinski definition) is 3. The molecule has 0 amide bonds. The van der Waals surface area contributed by atoms with E-state index >= 15 is 0 Å². The zero-order valence-corrected chi connectivity index (χ0v) is 12.4. The van der Waals surface area contributed by atoms with E-state index in [-0.39, 0.29) is 6.61 Å². The molecular formula is C17H14ClNO2. The molecule has 21 heavy (non-hydrogen) atoms. The van der Waals surface area contributed by atoms with Gasteiger partial charge in [-0.1, -0.05) is 42.8 Å². The number of nitriles is 1. The summed E-state index contributed by atoms with van der Waals surface area (Å²) in [7, 11) is 0. The molecule has 0 atom stereocenters. The van der Waals surface area contributed by atoms with Crippen LogP contribution in [0.4, 0.5) is 0 Å². The van der Waals surface area contributed by atoms with Crippen LogP contribution < -0.4 is 4.74 Å². The van der Waals surface area contributed by atoms with Gasteiger partial charge in [0.15, 0.2) is 0 Å². The number of rotatable bonds is 5. The van der Waals surface area contributed by atoms with E-state index in [1.807, 2.05) is 18.2 Å². The molecule has 0 unspecified atom stereocenters. The van der Waals surface area contributed by atoms with E-state index in [0.717, 1.165) is 12.0 Å². The normalized spacial score (nSPS) is 9.95. The van der Waals surface area contributed by atoms with Crippen molar-refractivity contribution in [2.75, 3.05) is 0 Å². The second kappa shape index (κ2) is 6.92. The van der Waals surface area contributed by atoms with Crippen molar-refractivity contribution in [2.45, 2.75) is 20.0 Å². The van der Waals surface area contributed by atoms with E-state index in [9.17, 15) is 4.79 Å². The predicted molar refractivity (Wildman–Crippen MR) is 81.5 cm³/mol. The average Bonchev–Trinajstić information content (AvgIpc) is 2.53. The van der Waals surface area contributed by atoms with E-state index < -0.39 is 5.78 Å². The summed E-state index contributed by atoms with van der Waals surface area (Å²) in [4.78, 5) is 11.6. The highest BCUT2D eigenvalue weighted by Gasteiger charge is 2.11. The van der Waals surface area contributed by atoms with Gasteiger partial charge in [0, 0.05) is 11.1 Å². The van der Waals surface area contributed by atoms with Gasteiger partial charge in [0.1, 0.15) is 18.4 Å². The molecule has 0 aliphatic rings. The Morgan fingerprint density at radius 1 is 1.29 bits per heavy atom. The van der Waals surface area contributed by atoms with E-state index in [0.29, 0.717) is 21.9 Å². The monoisotopic (exact) mass is 299 g/mol. The standard InChI is InChI=1S/C17H14ClNO2/c1-2-12-7-8-17(15(18)9-12)21-11-13-5-3-4-6-14(13)16(20)10-19/h3-9H,2,11H2,1H3. The Bertz CT molecular complexity index is 704. The number of carbonyl (C=O) groups is 1. The Morgan fingerprint density at radius 3 is 2.71 bits per heavy atom. The van der Waals surface area contributed by atoms with Crippen LogP contribution in [-0.2, 0) is 13.0 Å². The van der Waals surface area contributed by atoms with Crippen LogP contribution in [0.1, 0.15) is 28.4 Å². The van der Waals surface area contributed by atoms with Crippen molar-refractivity contribution in [2.24, 2.45) is 0 Å². The first-order valence-corrected chi connectivity index (χ1v) is 6.97. The summed E-state index contributed by atoms with van der Waals surface area (Å²) in [5.41, 5.74) is 2.16. The second-order valence-corrected chi connectivity index (χ2v) is 4.91. The fraction of sp³-hybridized carbons (Fsp3) is 0.176. The van der Waals surface area contributed by atoms with Gasteiger partial charge in [0.05, 0.1) is 5.02 Å². The molecule has 0 N–H and O–H groups in total. The molecular weight excluding hydrogens is 286 g/mol. The molecule has 3 nitrogen and oxygen atoms in total. The maximum Gasteiger partial charge on any atom is 0.262 e. The fourth-order valence-electron chi connectivity index (χ4n) is 1.96. The summed E-state index contributed by atoms with van der Waals surface area (Å²) in [6, 6.07) is 14.2. The van der Waals surface area contributed by atoms with Crippen molar-refractivity contribution in [3.63, 3.8) is 0 Å². The third-order valence-corrected chi connectivity index (χ3v) is 3.45. The highest BCUT2D eigenvalue weighted by molar-refractivity contribution is 6.32. The summed E-state index contributed by atoms with van der Waals surface area (Å²) in [6.45, 7) is 2.24. The second-order valence-electron chi connectivity index (χ2n) is 4.51. The summed E-state index contributed by atoms with van der Waals surface area (Å²) < 4.78 is 5.66. The number of ketones is 1. The molecule has 0 bridgehead atoms. The number of nitrogens with zero attached hydrogens (tertiary/aromatic N) is 1. The number of ether oxygens (including phenoxy) is 1. The lowest BCUT2D eigenvalue weighted by molar-refractivity contribution is 0.105. The van der Waals surface area contributed by atoms with Crippen molar-refractivity contribution >= 4 is 17.4 Å². The molecule has 2 aromatic rings. The number of Topliss-reactive ketones (excluding diaryl/α,β-unsaturated/α-hetero) is 1. The molecule has 0 heterocycles. The van der Waals surface area contributed by atoms with Gasteiger partial charge < -0.3 is 4.74 Å². The largest absolute Gasteiger partial charge is 0.487 e.